The molecule has 0 aromatic carbocycles. The fraction of sp³-hybridized carbons (Fsp3) is 0.933. The molecular weight excluding hydrogens is 238 g/mol. The third-order valence-corrected chi connectivity index (χ3v) is 4.89. The number of hydrogen-bond acceptors (Lipinski definition) is 3. The second-order valence-corrected chi connectivity index (χ2v) is 6.43. The average molecular weight is 267 g/mol. The van der Waals surface area contributed by atoms with Crippen LogP contribution in [0.4, 0.5) is 0 Å². The summed E-state index contributed by atoms with van der Waals surface area (Å²) in [7, 11) is 4.26. The van der Waals surface area contributed by atoms with Crippen LogP contribution in [0, 0.1) is 5.92 Å². The maximum absolute atomic E-state index is 12.6. The van der Waals surface area contributed by atoms with E-state index < -0.39 is 0 Å². The zero-order valence-corrected chi connectivity index (χ0v) is 12.5. The summed E-state index contributed by atoms with van der Waals surface area (Å²) in [5.41, 5.74) is 6.21. The number of carbonyl (C=O) groups excluding carboxylic acids is 1. The summed E-state index contributed by atoms with van der Waals surface area (Å²) in [6, 6.07) is 0.716. The van der Waals surface area contributed by atoms with Crippen molar-refractivity contribution in [1.29, 1.82) is 0 Å². The Bertz CT molecular complexity index is 298. The minimum Gasteiger partial charge on any atom is -0.342 e. The van der Waals surface area contributed by atoms with Crippen LogP contribution >= 0.6 is 0 Å². The van der Waals surface area contributed by atoms with Gasteiger partial charge < -0.3 is 15.5 Å². The largest absolute Gasteiger partial charge is 0.342 e. The summed E-state index contributed by atoms with van der Waals surface area (Å²) in [4.78, 5) is 17.0. The quantitative estimate of drug-likeness (QED) is 0.770. The van der Waals surface area contributed by atoms with E-state index in [1.807, 2.05) is 0 Å². The van der Waals surface area contributed by atoms with Gasteiger partial charge in [-0.1, -0.05) is 19.3 Å². The van der Waals surface area contributed by atoms with Gasteiger partial charge in [-0.05, 0) is 39.8 Å². The molecule has 4 nitrogen and oxygen atoms in total. The predicted octanol–water partition coefficient (Wildman–Crippen LogP) is 1.45. The topological polar surface area (TPSA) is 49.6 Å². The number of amides is 1. The van der Waals surface area contributed by atoms with E-state index in [4.69, 9.17) is 5.73 Å². The first kappa shape index (κ1) is 14.8. The van der Waals surface area contributed by atoms with E-state index >= 15 is 0 Å². The van der Waals surface area contributed by atoms with Crippen molar-refractivity contribution < 1.29 is 4.79 Å². The van der Waals surface area contributed by atoms with Crippen LogP contribution in [0.15, 0.2) is 0 Å². The van der Waals surface area contributed by atoms with Crippen LogP contribution in [-0.4, -0.2) is 55.0 Å². The van der Waals surface area contributed by atoms with Crippen LogP contribution in [0.2, 0.25) is 0 Å². The molecule has 110 valence electrons. The van der Waals surface area contributed by atoms with Gasteiger partial charge in [0.25, 0.3) is 0 Å². The Morgan fingerprint density at radius 1 is 1.05 bits per heavy atom. The Balaban J connectivity index is 1.89. The molecule has 4 heteroatoms. The van der Waals surface area contributed by atoms with Crippen molar-refractivity contribution in [2.45, 2.75) is 57.0 Å². The molecule has 0 bridgehead atoms. The lowest BCUT2D eigenvalue weighted by molar-refractivity contribution is -0.138. The highest BCUT2D eigenvalue weighted by molar-refractivity contribution is 5.79. The summed E-state index contributed by atoms with van der Waals surface area (Å²) < 4.78 is 0. The van der Waals surface area contributed by atoms with Crippen molar-refractivity contribution in [3.63, 3.8) is 0 Å². The number of nitrogens with two attached hydrogens (primary N) is 1. The van der Waals surface area contributed by atoms with Gasteiger partial charge in [-0.2, -0.15) is 0 Å². The molecule has 1 heterocycles. The highest BCUT2D eigenvalue weighted by Crippen LogP contribution is 2.25. The fourth-order valence-electron chi connectivity index (χ4n) is 3.48. The maximum Gasteiger partial charge on any atom is 0.227 e. The molecule has 0 spiro atoms. The molecule has 0 radical (unpaired) electrons. The molecule has 1 aliphatic carbocycles. The molecule has 2 fully saturated rings. The highest BCUT2D eigenvalue weighted by Gasteiger charge is 2.32. The number of likely N-dealkylation sites (tertiary alicyclic amines) is 1. The molecule has 0 aromatic heterocycles. The van der Waals surface area contributed by atoms with E-state index in [9.17, 15) is 4.79 Å². The molecule has 2 unspecified atom stereocenters. The van der Waals surface area contributed by atoms with Crippen molar-refractivity contribution in [3.8, 4) is 0 Å². The first-order valence-electron chi connectivity index (χ1n) is 7.80. The van der Waals surface area contributed by atoms with E-state index in [0.717, 1.165) is 45.2 Å². The Kier molecular flexibility index (Phi) is 5.22. The average Bonchev–Trinajstić information content (AvgIpc) is 2.63. The number of nitrogens with zero attached hydrogens (tertiary/aromatic N) is 2. The van der Waals surface area contributed by atoms with E-state index in [2.05, 4.69) is 23.9 Å². The zero-order valence-electron chi connectivity index (χ0n) is 12.5. The normalized spacial score (nSPS) is 30.4. The molecule has 1 aliphatic heterocycles. The molecule has 19 heavy (non-hydrogen) atoms. The minimum absolute atomic E-state index is 0.0819. The van der Waals surface area contributed by atoms with Gasteiger partial charge in [0.2, 0.25) is 5.91 Å². The SMILES string of the molecule is CN(C)C1CCN(C(=O)C2CCCCCC2N)CC1. The van der Waals surface area contributed by atoms with Crippen LogP contribution in [0.5, 0.6) is 0 Å². The molecule has 1 amide bonds. The Hall–Kier alpha value is -0.610. The first-order valence-corrected chi connectivity index (χ1v) is 7.80. The lowest BCUT2D eigenvalue weighted by Crippen LogP contribution is -2.49. The molecule has 2 N–H and O–H groups in total. The minimum atomic E-state index is 0.0819. The van der Waals surface area contributed by atoms with Gasteiger partial charge in [-0.3, -0.25) is 4.79 Å². The number of carbonyl (C=O) groups is 1. The zero-order chi connectivity index (χ0) is 13.8. The van der Waals surface area contributed by atoms with Gasteiger partial charge >= 0.3 is 0 Å². The smallest absolute Gasteiger partial charge is 0.227 e. The van der Waals surface area contributed by atoms with Crippen LogP contribution < -0.4 is 5.73 Å². The molecule has 2 atom stereocenters. The molecule has 0 aromatic rings. The third kappa shape index (κ3) is 3.69. The number of rotatable bonds is 2. The van der Waals surface area contributed by atoms with Gasteiger partial charge in [-0.25, -0.2) is 0 Å². The molecule has 2 aliphatic rings. The van der Waals surface area contributed by atoms with E-state index in [1.54, 1.807) is 0 Å². The van der Waals surface area contributed by atoms with Crippen molar-refractivity contribution in [2.75, 3.05) is 27.2 Å². The van der Waals surface area contributed by atoms with Crippen LogP contribution in [0.25, 0.3) is 0 Å². The van der Waals surface area contributed by atoms with Crippen LogP contribution in [0.1, 0.15) is 44.9 Å². The lowest BCUT2D eigenvalue weighted by Gasteiger charge is -2.37. The summed E-state index contributed by atoms with van der Waals surface area (Å²) in [6.07, 6.45) is 7.80. The standard InChI is InChI=1S/C15H29N3O/c1-17(2)12-8-10-18(11-9-12)15(19)13-6-4-3-5-7-14(13)16/h12-14H,3-11,16H2,1-2H3. The van der Waals surface area contributed by atoms with Crippen molar-refractivity contribution in [1.82, 2.24) is 9.80 Å². The van der Waals surface area contributed by atoms with Gasteiger partial charge in [0.15, 0.2) is 0 Å². The predicted molar refractivity (Wildman–Crippen MR) is 77.8 cm³/mol. The van der Waals surface area contributed by atoms with Gasteiger partial charge in [0, 0.05) is 25.2 Å². The van der Waals surface area contributed by atoms with Crippen LogP contribution in [-0.2, 0) is 4.79 Å². The van der Waals surface area contributed by atoms with Crippen LogP contribution in [0.3, 0.4) is 0 Å². The van der Waals surface area contributed by atoms with Gasteiger partial charge in [0.1, 0.15) is 0 Å². The fourth-order valence-corrected chi connectivity index (χ4v) is 3.48. The summed E-state index contributed by atoms with van der Waals surface area (Å²) in [5.74, 6) is 0.407. The van der Waals surface area contributed by atoms with E-state index in [1.165, 1.54) is 12.8 Å². The van der Waals surface area contributed by atoms with Gasteiger partial charge in [0.05, 0.1) is 5.92 Å². The Labute approximate surface area is 117 Å². The molecular formula is C15H29N3O. The number of hydrogen-bond donors (Lipinski definition) is 1. The second-order valence-electron chi connectivity index (χ2n) is 6.43. The van der Waals surface area contributed by atoms with Crippen molar-refractivity contribution in [2.24, 2.45) is 11.7 Å². The number of piperidine rings is 1. The lowest BCUT2D eigenvalue weighted by atomic mass is 9.92. The highest BCUT2D eigenvalue weighted by atomic mass is 16.2. The van der Waals surface area contributed by atoms with Crippen molar-refractivity contribution >= 4 is 5.91 Å². The molecule has 1 saturated heterocycles. The monoisotopic (exact) mass is 267 g/mol. The third-order valence-electron chi connectivity index (χ3n) is 4.89. The van der Waals surface area contributed by atoms with E-state index in [-0.39, 0.29) is 12.0 Å². The maximum atomic E-state index is 12.6. The molecule has 2 rings (SSSR count). The summed E-state index contributed by atoms with van der Waals surface area (Å²) >= 11 is 0. The summed E-state index contributed by atoms with van der Waals surface area (Å²) in [6.45, 7) is 1.82. The van der Waals surface area contributed by atoms with Crippen molar-refractivity contribution in [3.05, 3.63) is 0 Å². The first-order chi connectivity index (χ1) is 9.09. The van der Waals surface area contributed by atoms with E-state index in [0.29, 0.717) is 11.9 Å². The second kappa shape index (κ2) is 6.71. The summed E-state index contributed by atoms with van der Waals surface area (Å²) in [5, 5.41) is 0. The Morgan fingerprint density at radius 3 is 2.32 bits per heavy atom. The van der Waals surface area contributed by atoms with Gasteiger partial charge in [-0.15, -0.1) is 0 Å². The Morgan fingerprint density at radius 2 is 1.68 bits per heavy atom. The molecule has 1 saturated carbocycles.